The van der Waals surface area contributed by atoms with Gasteiger partial charge in [-0.15, -0.1) is 11.6 Å². The van der Waals surface area contributed by atoms with Crippen LogP contribution in [0, 0.1) is 9.39 Å². The molecule has 2 rings (SSSR count). The van der Waals surface area contributed by atoms with Crippen molar-refractivity contribution in [3.63, 3.8) is 0 Å². The summed E-state index contributed by atoms with van der Waals surface area (Å²) in [5.41, 5.74) is 1.26. The maximum Gasteiger partial charge on any atom is 0.129 e. The van der Waals surface area contributed by atoms with Crippen LogP contribution in [-0.2, 0) is 0 Å². The highest BCUT2D eigenvalue weighted by Gasteiger charge is 2.19. The van der Waals surface area contributed by atoms with Gasteiger partial charge in [-0.2, -0.15) is 0 Å². The third kappa shape index (κ3) is 3.00. The highest BCUT2D eigenvalue weighted by Crippen LogP contribution is 2.36. The van der Waals surface area contributed by atoms with E-state index in [1.807, 2.05) is 24.3 Å². The molecule has 2 aromatic rings. The summed E-state index contributed by atoms with van der Waals surface area (Å²) in [4.78, 5) is 0. The van der Waals surface area contributed by atoms with E-state index in [2.05, 4.69) is 38.5 Å². The average Bonchev–Trinajstić information content (AvgIpc) is 2.33. The summed E-state index contributed by atoms with van der Waals surface area (Å²) in [5.74, 6) is -0.370. The van der Waals surface area contributed by atoms with Gasteiger partial charge in [0, 0.05) is 13.6 Å². The van der Waals surface area contributed by atoms with E-state index < -0.39 is 5.38 Å². The highest BCUT2D eigenvalue weighted by molar-refractivity contribution is 14.1. The number of alkyl halides is 1. The van der Waals surface area contributed by atoms with Crippen molar-refractivity contribution >= 4 is 61.7 Å². The zero-order chi connectivity index (χ0) is 13.3. The Morgan fingerprint density at radius 1 is 1.17 bits per heavy atom. The third-order valence-corrected chi connectivity index (χ3v) is 5.14. The number of hydrogen-bond donors (Lipinski definition) is 0. The zero-order valence-electron chi connectivity index (χ0n) is 8.93. The highest BCUT2D eigenvalue weighted by atomic mass is 127. The molecule has 0 radical (unpaired) electrons. The van der Waals surface area contributed by atoms with Crippen LogP contribution in [0.25, 0.3) is 0 Å². The topological polar surface area (TPSA) is 0 Å². The first-order chi connectivity index (χ1) is 8.50. The molecule has 0 aliphatic heterocycles. The summed E-state index contributed by atoms with van der Waals surface area (Å²) in [6, 6.07) is 10.5. The number of benzene rings is 2. The van der Waals surface area contributed by atoms with E-state index in [0.29, 0.717) is 15.1 Å². The second kappa shape index (κ2) is 6.07. The van der Waals surface area contributed by atoms with E-state index in [4.69, 9.17) is 23.2 Å². The van der Waals surface area contributed by atoms with E-state index in [-0.39, 0.29) is 5.82 Å². The molecule has 0 fully saturated rings. The Bertz CT molecular complexity index is 589. The number of rotatable bonds is 2. The van der Waals surface area contributed by atoms with Crippen molar-refractivity contribution in [1.29, 1.82) is 0 Å². The van der Waals surface area contributed by atoms with E-state index in [1.54, 1.807) is 6.07 Å². The summed E-state index contributed by atoms with van der Waals surface area (Å²) in [5, 5.41) is -0.105. The van der Waals surface area contributed by atoms with E-state index in [1.165, 1.54) is 6.07 Å². The smallest absolute Gasteiger partial charge is 0.129 e. The van der Waals surface area contributed by atoms with Crippen LogP contribution in [0.3, 0.4) is 0 Å². The maximum absolute atomic E-state index is 13.9. The minimum atomic E-state index is -0.552. The minimum Gasteiger partial charge on any atom is -0.207 e. The predicted molar refractivity (Wildman–Crippen MR) is 86.0 cm³/mol. The summed E-state index contributed by atoms with van der Waals surface area (Å²) < 4.78 is 15.4. The van der Waals surface area contributed by atoms with Gasteiger partial charge in [-0.3, -0.25) is 0 Å². The first-order valence-electron chi connectivity index (χ1n) is 5.03. The molecule has 0 nitrogen and oxygen atoms in total. The monoisotopic (exact) mass is 458 g/mol. The second-order valence-corrected chi connectivity index (χ2v) is 6.53. The molecular formula is C13H7BrCl2FI. The molecule has 1 unspecified atom stereocenters. The Kier molecular flexibility index (Phi) is 4.92. The van der Waals surface area contributed by atoms with Crippen LogP contribution in [-0.4, -0.2) is 0 Å². The second-order valence-electron chi connectivity index (χ2n) is 3.67. The molecule has 1 atom stereocenters. The lowest BCUT2D eigenvalue weighted by Gasteiger charge is -2.14. The molecule has 0 aliphatic carbocycles. The predicted octanol–water partition coefficient (Wildman–Crippen LogP) is 6.17. The fraction of sp³-hybridized carbons (Fsp3) is 0.0769. The molecule has 2 aromatic carbocycles. The Hall–Kier alpha value is 0.160. The van der Waals surface area contributed by atoms with Crippen LogP contribution in [0.5, 0.6) is 0 Å². The van der Waals surface area contributed by atoms with Gasteiger partial charge in [0.05, 0.1) is 10.4 Å². The summed E-state index contributed by atoms with van der Waals surface area (Å²) >= 11 is 17.7. The molecule has 0 saturated heterocycles. The minimum absolute atomic E-state index is 0.370. The van der Waals surface area contributed by atoms with Gasteiger partial charge < -0.3 is 0 Å². The molecule has 0 aromatic heterocycles. The summed E-state index contributed by atoms with van der Waals surface area (Å²) in [6.07, 6.45) is 0. The molecule has 5 heteroatoms. The summed E-state index contributed by atoms with van der Waals surface area (Å²) in [7, 11) is 0. The molecule has 18 heavy (non-hydrogen) atoms. The van der Waals surface area contributed by atoms with Crippen molar-refractivity contribution in [2.75, 3.05) is 0 Å². The molecule has 0 bridgehead atoms. The van der Waals surface area contributed by atoms with E-state index in [0.717, 1.165) is 9.13 Å². The Morgan fingerprint density at radius 3 is 2.50 bits per heavy atom. The molecule has 0 N–H and O–H groups in total. The maximum atomic E-state index is 13.9. The van der Waals surface area contributed by atoms with Crippen molar-refractivity contribution in [1.82, 2.24) is 0 Å². The molecule has 94 valence electrons. The van der Waals surface area contributed by atoms with E-state index in [9.17, 15) is 4.39 Å². The zero-order valence-corrected chi connectivity index (χ0v) is 14.2. The van der Waals surface area contributed by atoms with Gasteiger partial charge in [0.15, 0.2) is 0 Å². The van der Waals surface area contributed by atoms with Gasteiger partial charge in [-0.05, 0) is 62.3 Å². The van der Waals surface area contributed by atoms with Crippen molar-refractivity contribution in [3.05, 3.63) is 66.4 Å². The Morgan fingerprint density at radius 2 is 1.83 bits per heavy atom. The van der Waals surface area contributed by atoms with Crippen molar-refractivity contribution in [3.8, 4) is 0 Å². The van der Waals surface area contributed by atoms with E-state index >= 15 is 0 Å². The van der Waals surface area contributed by atoms with Crippen LogP contribution in [0.2, 0.25) is 5.02 Å². The quantitative estimate of drug-likeness (QED) is 0.286. The van der Waals surface area contributed by atoms with Crippen LogP contribution in [0.4, 0.5) is 4.39 Å². The molecule has 0 amide bonds. The summed E-state index contributed by atoms with van der Waals surface area (Å²) in [6.45, 7) is 0. The fourth-order valence-electron chi connectivity index (χ4n) is 1.58. The first kappa shape index (κ1) is 14.6. The Balaban J connectivity index is 2.50. The van der Waals surface area contributed by atoms with Gasteiger partial charge in [0.25, 0.3) is 0 Å². The van der Waals surface area contributed by atoms with Crippen LogP contribution in [0.15, 0.2) is 40.9 Å². The van der Waals surface area contributed by atoms with Crippen molar-refractivity contribution in [2.24, 2.45) is 0 Å². The molecular weight excluding hydrogens is 453 g/mol. The SMILES string of the molecule is Fc1cc(Br)c(Cl)cc1C(Cl)c1ccccc1I. The van der Waals surface area contributed by atoms with Crippen molar-refractivity contribution in [2.45, 2.75) is 5.38 Å². The molecule has 0 heterocycles. The first-order valence-corrected chi connectivity index (χ1v) is 7.72. The fourth-order valence-corrected chi connectivity index (χ4v) is 3.31. The normalized spacial score (nSPS) is 12.5. The standard InChI is InChI=1S/C13H7BrCl2FI/c14-9-6-11(17)8(5-10(9)15)13(16)7-3-1-2-4-12(7)18/h1-6,13H. The third-order valence-electron chi connectivity index (χ3n) is 2.49. The molecule has 0 spiro atoms. The van der Waals surface area contributed by atoms with Crippen LogP contribution >= 0.6 is 61.7 Å². The van der Waals surface area contributed by atoms with Crippen LogP contribution < -0.4 is 0 Å². The lowest BCUT2D eigenvalue weighted by Crippen LogP contribution is -1.99. The lowest BCUT2D eigenvalue weighted by molar-refractivity contribution is 0.611. The van der Waals surface area contributed by atoms with Gasteiger partial charge in [-0.25, -0.2) is 4.39 Å². The van der Waals surface area contributed by atoms with Crippen molar-refractivity contribution < 1.29 is 4.39 Å². The van der Waals surface area contributed by atoms with Gasteiger partial charge in [-0.1, -0.05) is 29.8 Å². The van der Waals surface area contributed by atoms with Gasteiger partial charge in [0.1, 0.15) is 5.82 Å². The largest absolute Gasteiger partial charge is 0.207 e. The number of hydrogen-bond acceptors (Lipinski definition) is 0. The number of halogens is 5. The molecule has 0 aliphatic rings. The van der Waals surface area contributed by atoms with Crippen LogP contribution in [0.1, 0.15) is 16.5 Å². The van der Waals surface area contributed by atoms with Gasteiger partial charge in [0.2, 0.25) is 0 Å². The lowest BCUT2D eigenvalue weighted by atomic mass is 10.0. The van der Waals surface area contributed by atoms with Gasteiger partial charge >= 0.3 is 0 Å². The molecule has 0 saturated carbocycles. The average molecular weight is 460 g/mol. The Labute approximate surface area is 137 Å².